The molecule has 6 nitrogen and oxygen atoms in total. The van der Waals surface area contributed by atoms with Crippen LogP contribution in [0.3, 0.4) is 0 Å². The van der Waals surface area contributed by atoms with Gasteiger partial charge in [0.2, 0.25) is 0 Å². The number of hydrogen-bond donors (Lipinski definition) is 1. The minimum Gasteiger partial charge on any atom is -0.489 e. The van der Waals surface area contributed by atoms with Crippen molar-refractivity contribution >= 4 is 5.97 Å². The first-order chi connectivity index (χ1) is 15.9. The number of carboxylic acids is 1. The van der Waals surface area contributed by atoms with Crippen molar-refractivity contribution < 1.29 is 14.6 Å². The second-order valence-corrected chi connectivity index (χ2v) is 9.11. The zero-order chi connectivity index (χ0) is 23.4. The number of fused-ring (bicyclic) bond motifs is 1. The molecule has 2 aromatic carbocycles. The number of benzene rings is 2. The Morgan fingerprint density at radius 2 is 1.97 bits per heavy atom. The molecule has 0 fully saturated rings. The van der Waals surface area contributed by atoms with E-state index in [9.17, 15) is 4.79 Å². The third-order valence-electron chi connectivity index (χ3n) is 6.05. The van der Waals surface area contributed by atoms with Gasteiger partial charge in [0, 0.05) is 49.8 Å². The number of ether oxygens (including phenoxy) is 1. The first-order valence-electron chi connectivity index (χ1n) is 11.5. The van der Waals surface area contributed by atoms with E-state index < -0.39 is 5.97 Å². The molecule has 1 N–H and O–H groups in total. The molecule has 0 saturated carbocycles. The van der Waals surface area contributed by atoms with E-state index >= 15 is 0 Å². The quantitative estimate of drug-likeness (QED) is 0.536. The first kappa shape index (κ1) is 22.9. The van der Waals surface area contributed by atoms with Crippen LogP contribution in [-0.2, 0) is 24.4 Å². The molecule has 172 valence electrons. The van der Waals surface area contributed by atoms with Gasteiger partial charge >= 0.3 is 5.97 Å². The molecule has 0 amide bonds. The lowest BCUT2D eigenvalue weighted by molar-refractivity contribution is -0.138. The van der Waals surface area contributed by atoms with Crippen molar-refractivity contribution in [3.8, 4) is 17.1 Å². The molecule has 1 aromatic heterocycles. The summed E-state index contributed by atoms with van der Waals surface area (Å²) in [6, 6.07) is 14.5. The lowest BCUT2D eigenvalue weighted by Crippen LogP contribution is -2.35. The molecule has 0 radical (unpaired) electrons. The van der Waals surface area contributed by atoms with Crippen LogP contribution in [0.5, 0.6) is 5.75 Å². The number of aliphatic carboxylic acids is 1. The van der Waals surface area contributed by atoms with Crippen LogP contribution < -0.4 is 4.74 Å². The summed E-state index contributed by atoms with van der Waals surface area (Å²) in [5.74, 6) is 0.978. The van der Waals surface area contributed by atoms with Gasteiger partial charge < -0.3 is 9.84 Å². The van der Waals surface area contributed by atoms with Gasteiger partial charge in [-0.3, -0.25) is 9.69 Å². The van der Waals surface area contributed by atoms with E-state index in [4.69, 9.17) is 14.8 Å². The molecule has 33 heavy (non-hydrogen) atoms. The van der Waals surface area contributed by atoms with Crippen molar-refractivity contribution in [2.24, 2.45) is 5.92 Å². The molecule has 1 aliphatic rings. The summed E-state index contributed by atoms with van der Waals surface area (Å²) in [5, 5.41) is 8.99. The van der Waals surface area contributed by atoms with E-state index in [0.717, 1.165) is 65.6 Å². The lowest BCUT2D eigenvalue weighted by atomic mass is 10.0. The van der Waals surface area contributed by atoms with Gasteiger partial charge in [0.25, 0.3) is 0 Å². The number of carboxylic acid groups (broad SMARTS) is 1. The molecular formula is C27H31N3O3. The molecule has 1 unspecified atom stereocenters. The topological polar surface area (TPSA) is 75.6 Å². The molecule has 0 saturated heterocycles. The Morgan fingerprint density at radius 3 is 2.70 bits per heavy atom. The maximum absolute atomic E-state index is 10.9. The number of hydrogen-bond acceptors (Lipinski definition) is 5. The fourth-order valence-corrected chi connectivity index (χ4v) is 4.27. The molecule has 1 atom stereocenters. The predicted octanol–water partition coefficient (Wildman–Crippen LogP) is 4.81. The van der Waals surface area contributed by atoms with Crippen LogP contribution in [0, 0.1) is 19.8 Å². The Balaban J connectivity index is 1.41. The summed E-state index contributed by atoms with van der Waals surface area (Å²) >= 11 is 0. The zero-order valence-corrected chi connectivity index (χ0v) is 19.5. The summed E-state index contributed by atoms with van der Waals surface area (Å²) in [6.45, 7) is 9.08. The van der Waals surface area contributed by atoms with E-state index in [0.29, 0.717) is 6.61 Å². The monoisotopic (exact) mass is 445 g/mol. The minimum absolute atomic E-state index is 0.124. The number of nitrogens with zero attached hydrogens (tertiary/aromatic N) is 3. The fraction of sp³-hybridized carbons (Fsp3) is 0.370. The van der Waals surface area contributed by atoms with Crippen molar-refractivity contribution in [3.05, 3.63) is 76.6 Å². The number of aromatic nitrogens is 2. The number of carbonyl (C=O) groups is 1. The molecular weight excluding hydrogens is 414 g/mol. The molecule has 6 heteroatoms. The first-order valence-corrected chi connectivity index (χ1v) is 11.5. The van der Waals surface area contributed by atoms with Gasteiger partial charge in [-0.05, 0) is 49.1 Å². The number of rotatable bonds is 8. The van der Waals surface area contributed by atoms with E-state index in [1.54, 1.807) is 0 Å². The summed E-state index contributed by atoms with van der Waals surface area (Å²) in [6.07, 6.45) is 2.97. The highest BCUT2D eigenvalue weighted by atomic mass is 16.5. The molecule has 0 aliphatic carbocycles. The minimum atomic E-state index is -0.741. The van der Waals surface area contributed by atoms with E-state index in [2.05, 4.69) is 47.1 Å². The second-order valence-electron chi connectivity index (χ2n) is 9.11. The Hall–Kier alpha value is -3.25. The highest BCUT2D eigenvalue weighted by molar-refractivity contribution is 5.67. The molecule has 3 aromatic rings. The Morgan fingerprint density at radius 1 is 1.18 bits per heavy atom. The molecule has 2 heterocycles. The average molecular weight is 446 g/mol. The SMILES string of the molecule is Cc1ccc(COc2ccc(-c3ncc4c(n3)CCN(CC(C)CC(=O)O)C4)cc2C)cc1. The smallest absolute Gasteiger partial charge is 0.303 e. The predicted molar refractivity (Wildman–Crippen MR) is 128 cm³/mol. The van der Waals surface area contributed by atoms with Crippen molar-refractivity contribution in [2.45, 2.75) is 46.8 Å². The van der Waals surface area contributed by atoms with Gasteiger partial charge in [0.15, 0.2) is 5.82 Å². The average Bonchev–Trinajstić information content (AvgIpc) is 2.78. The maximum Gasteiger partial charge on any atom is 0.303 e. The van der Waals surface area contributed by atoms with Gasteiger partial charge in [-0.25, -0.2) is 9.97 Å². The Labute approximate surface area is 195 Å². The van der Waals surface area contributed by atoms with Crippen molar-refractivity contribution in [3.63, 3.8) is 0 Å². The van der Waals surface area contributed by atoms with Crippen LogP contribution in [0.4, 0.5) is 0 Å². The number of aryl methyl sites for hydroxylation is 2. The van der Waals surface area contributed by atoms with Gasteiger partial charge in [0.1, 0.15) is 12.4 Å². The summed E-state index contributed by atoms with van der Waals surface area (Å²) in [7, 11) is 0. The van der Waals surface area contributed by atoms with Gasteiger partial charge in [-0.15, -0.1) is 0 Å². The van der Waals surface area contributed by atoms with Gasteiger partial charge in [0.05, 0.1) is 5.69 Å². The third-order valence-corrected chi connectivity index (χ3v) is 6.05. The van der Waals surface area contributed by atoms with Gasteiger partial charge in [-0.1, -0.05) is 36.8 Å². The highest BCUT2D eigenvalue weighted by Gasteiger charge is 2.21. The van der Waals surface area contributed by atoms with E-state index in [1.807, 2.05) is 32.2 Å². The van der Waals surface area contributed by atoms with E-state index in [-0.39, 0.29) is 12.3 Å². The standard InChI is InChI=1S/C27H31N3O3/c1-18-4-6-21(7-5-18)17-33-25-9-8-22(13-20(25)3)27-28-14-23-16-30(11-10-24(23)29-27)15-19(2)12-26(31)32/h4-9,13-14,19H,10-12,15-17H2,1-3H3,(H,31,32). The van der Waals surface area contributed by atoms with Crippen LogP contribution >= 0.6 is 0 Å². The van der Waals surface area contributed by atoms with Crippen molar-refractivity contribution in [1.82, 2.24) is 14.9 Å². The van der Waals surface area contributed by atoms with Crippen molar-refractivity contribution in [1.29, 1.82) is 0 Å². The van der Waals surface area contributed by atoms with Gasteiger partial charge in [-0.2, -0.15) is 0 Å². The molecule has 4 rings (SSSR count). The summed E-state index contributed by atoms with van der Waals surface area (Å²) in [4.78, 5) is 22.7. The van der Waals surface area contributed by atoms with Crippen LogP contribution in [-0.4, -0.2) is 39.0 Å². The van der Waals surface area contributed by atoms with Crippen LogP contribution in [0.1, 0.15) is 41.3 Å². The third kappa shape index (κ3) is 5.96. The Kier molecular flexibility index (Phi) is 7.04. The molecule has 0 spiro atoms. The lowest BCUT2D eigenvalue weighted by Gasteiger charge is -2.29. The normalized spacial score (nSPS) is 14.5. The van der Waals surface area contributed by atoms with Crippen LogP contribution in [0.15, 0.2) is 48.7 Å². The maximum atomic E-state index is 10.9. The fourth-order valence-electron chi connectivity index (χ4n) is 4.27. The van der Waals surface area contributed by atoms with Crippen molar-refractivity contribution in [2.75, 3.05) is 13.1 Å². The van der Waals surface area contributed by atoms with Crippen LogP contribution in [0.2, 0.25) is 0 Å². The van der Waals surface area contributed by atoms with E-state index in [1.165, 1.54) is 5.56 Å². The summed E-state index contributed by atoms with van der Waals surface area (Å²) in [5.41, 5.74) is 6.63. The molecule has 0 bridgehead atoms. The highest BCUT2D eigenvalue weighted by Crippen LogP contribution is 2.27. The zero-order valence-electron chi connectivity index (χ0n) is 19.5. The summed E-state index contributed by atoms with van der Waals surface area (Å²) < 4.78 is 6.03. The second kappa shape index (κ2) is 10.1. The Bertz CT molecular complexity index is 1130. The van der Waals surface area contributed by atoms with Crippen LogP contribution in [0.25, 0.3) is 11.4 Å². The molecule has 1 aliphatic heterocycles. The largest absolute Gasteiger partial charge is 0.489 e.